The molecule has 194 valence electrons. The lowest BCUT2D eigenvalue weighted by Crippen LogP contribution is -2.47. The van der Waals surface area contributed by atoms with E-state index in [1.807, 2.05) is 0 Å². The van der Waals surface area contributed by atoms with E-state index in [0.29, 0.717) is 0 Å². The zero-order chi connectivity index (χ0) is 23.9. The molecule has 35 heavy (non-hydrogen) atoms. The number of rotatable bonds is 3. The molecule has 5 saturated carbocycles. The van der Waals surface area contributed by atoms with Crippen LogP contribution in [0.2, 0.25) is 24.2 Å². The van der Waals surface area contributed by atoms with Gasteiger partial charge < -0.3 is 0 Å². The van der Waals surface area contributed by atoms with Gasteiger partial charge in [0, 0.05) is 10.5 Å². The second kappa shape index (κ2) is 9.25. The minimum atomic E-state index is -1.40. The Kier molecular flexibility index (Phi) is 6.46. The van der Waals surface area contributed by atoms with E-state index in [4.69, 9.17) is 0 Å². The van der Waals surface area contributed by atoms with Crippen molar-refractivity contribution in [1.29, 1.82) is 0 Å². The molecule has 11 atom stereocenters. The monoisotopic (exact) mass is 526 g/mol. The van der Waals surface area contributed by atoms with Gasteiger partial charge in [0.25, 0.3) is 0 Å². The fourth-order valence-electron chi connectivity index (χ4n) is 11.8. The molecule has 5 fully saturated rings. The fourth-order valence-corrected chi connectivity index (χ4v) is 22.3. The lowest BCUT2D eigenvalue weighted by Gasteiger charge is -2.50. The van der Waals surface area contributed by atoms with Crippen LogP contribution in [-0.2, 0) is 0 Å². The average molecular weight is 527 g/mol. The van der Waals surface area contributed by atoms with Crippen LogP contribution in [0.5, 0.6) is 0 Å². The maximum Gasteiger partial charge on any atom is 0.0563 e. The van der Waals surface area contributed by atoms with Crippen LogP contribution in [0, 0.1) is 47.3 Å². The second-order valence-corrected chi connectivity index (χ2v) is 22.5. The van der Waals surface area contributed by atoms with E-state index in [1.54, 1.807) is 80.4 Å². The Morgan fingerprint density at radius 3 is 1.83 bits per heavy atom. The molecule has 2 heterocycles. The van der Waals surface area contributed by atoms with Crippen molar-refractivity contribution in [1.82, 2.24) is 0 Å². The molecule has 0 nitrogen and oxygen atoms in total. The van der Waals surface area contributed by atoms with E-state index in [-0.39, 0.29) is 0 Å². The first kappa shape index (κ1) is 24.4. The van der Waals surface area contributed by atoms with E-state index in [2.05, 4.69) is 62.6 Å². The van der Waals surface area contributed by atoms with Crippen molar-refractivity contribution in [2.24, 2.45) is 47.3 Å². The van der Waals surface area contributed by atoms with Crippen LogP contribution in [0.25, 0.3) is 0 Å². The van der Waals surface area contributed by atoms with Crippen LogP contribution in [0.4, 0.5) is 0 Å². The summed E-state index contributed by atoms with van der Waals surface area (Å²) in [6.07, 6.45) is 24.3. The predicted molar refractivity (Wildman–Crippen MR) is 159 cm³/mol. The molecule has 0 spiro atoms. The Morgan fingerprint density at radius 1 is 0.600 bits per heavy atom. The van der Waals surface area contributed by atoms with Gasteiger partial charge in [0.05, 0.1) is 8.07 Å². The van der Waals surface area contributed by atoms with E-state index in [9.17, 15) is 0 Å². The number of allylic oxidation sites excluding steroid dienone is 4. The van der Waals surface area contributed by atoms with Crippen molar-refractivity contribution in [2.75, 3.05) is 0 Å². The molecule has 0 N–H and O–H groups in total. The van der Waals surface area contributed by atoms with Crippen molar-refractivity contribution in [3.05, 3.63) is 22.0 Å². The third-order valence-electron chi connectivity index (χ3n) is 12.9. The number of hydrogen-bond donors (Lipinski definition) is 0. The van der Waals surface area contributed by atoms with Crippen molar-refractivity contribution in [3.8, 4) is 0 Å². The third kappa shape index (κ3) is 3.89. The Hall–Kier alpha value is 0.397. The normalized spacial score (nSPS) is 51.3. The van der Waals surface area contributed by atoms with Crippen molar-refractivity contribution < 1.29 is 0 Å². The van der Waals surface area contributed by atoms with Gasteiger partial charge in [-0.1, -0.05) is 76.6 Å². The molecule has 0 aromatic rings. The largest absolute Gasteiger partial charge is 0.127 e. The maximum atomic E-state index is 2.90. The molecule has 3 heteroatoms. The van der Waals surface area contributed by atoms with Gasteiger partial charge in [0.15, 0.2) is 0 Å². The van der Waals surface area contributed by atoms with Crippen molar-refractivity contribution in [2.45, 2.75) is 126 Å². The third-order valence-corrected chi connectivity index (χ3v) is 21.2. The summed E-state index contributed by atoms with van der Waals surface area (Å²) in [5, 5.41) is 1.81. The van der Waals surface area contributed by atoms with Gasteiger partial charge >= 0.3 is 0 Å². The van der Waals surface area contributed by atoms with Crippen LogP contribution in [0.1, 0.15) is 90.9 Å². The van der Waals surface area contributed by atoms with Crippen LogP contribution < -0.4 is 0 Å². The Balaban J connectivity index is 1.14. The van der Waals surface area contributed by atoms with E-state index < -0.39 is 8.07 Å². The summed E-state index contributed by atoms with van der Waals surface area (Å²) in [4.78, 5) is 3.27. The molecule has 0 aromatic heterocycles. The summed E-state index contributed by atoms with van der Waals surface area (Å²) >= 11 is 4.61. The zero-order valence-corrected chi connectivity index (χ0v) is 25.5. The SMILES string of the molecule is CC1=CC2C3C=C(C)SC3C([Si](C)(C)C3CCC4C(C5CCCC6CCCCC65)CCCC43)C2S1. The highest BCUT2D eigenvalue weighted by Crippen LogP contribution is 2.68. The van der Waals surface area contributed by atoms with E-state index in [0.717, 1.165) is 68.9 Å². The van der Waals surface area contributed by atoms with Gasteiger partial charge in [0.2, 0.25) is 0 Å². The summed E-state index contributed by atoms with van der Waals surface area (Å²) in [5.41, 5.74) is 2.12. The summed E-state index contributed by atoms with van der Waals surface area (Å²) in [6.45, 7) is 10.6. The van der Waals surface area contributed by atoms with Gasteiger partial charge in [-0.3, -0.25) is 0 Å². The van der Waals surface area contributed by atoms with Crippen LogP contribution >= 0.6 is 23.5 Å². The molecule has 5 aliphatic carbocycles. The van der Waals surface area contributed by atoms with E-state index in [1.165, 1.54) is 6.42 Å². The van der Waals surface area contributed by atoms with Gasteiger partial charge in [-0.2, -0.15) is 0 Å². The average Bonchev–Trinajstić information content (AvgIpc) is 3.59. The first-order valence-corrected chi connectivity index (χ1v) is 20.5. The fraction of sp³-hybridized carbons (Fsp3) is 0.875. The minimum absolute atomic E-state index is 0.841. The van der Waals surface area contributed by atoms with Gasteiger partial charge in [-0.05, 0) is 108 Å². The Bertz CT molecular complexity index is 856. The highest BCUT2D eigenvalue weighted by Gasteiger charge is 2.62. The van der Waals surface area contributed by atoms with E-state index >= 15 is 0 Å². The minimum Gasteiger partial charge on any atom is -0.127 e. The molecule has 0 radical (unpaired) electrons. The first-order valence-electron chi connectivity index (χ1n) is 15.6. The number of fused-ring (bicyclic) bond motifs is 5. The first-order chi connectivity index (χ1) is 16.9. The Morgan fingerprint density at radius 2 is 1.11 bits per heavy atom. The predicted octanol–water partition coefficient (Wildman–Crippen LogP) is 10.2. The van der Waals surface area contributed by atoms with Crippen LogP contribution in [0.15, 0.2) is 22.0 Å². The molecular formula is C32H50S2Si. The molecule has 7 aliphatic rings. The zero-order valence-electron chi connectivity index (χ0n) is 22.9. The standard InChI is InChI=1S/C32H50S2Si/c1-19-17-27-28-18-20(2)34-31(28)32(30(27)33-19)35(3,4)29-16-15-25-24(13-8-14-26(25)29)23-12-7-10-21-9-5-6-11-22(21)23/h17-18,21-32H,5-16H2,1-4H3. The van der Waals surface area contributed by atoms with Gasteiger partial charge in [-0.15, -0.1) is 23.5 Å². The maximum absolute atomic E-state index is 2.90. The van der Waals surface area contributed by atoms with Crippen molar-refractivity contribution in [3.63, 3.8) is 0 Å². The summed E-state index contributed by atoms with van der Waals surface area (Å²) in [5.74, 6) is 8.33. The molecule has 0 amide bonds. The van der Waals surface area contributed by atoms with Gasteiger partial charge in [0.1, 0.15) is 0 Å². The molecule has 0 saturated heterocycles. The van der Waals surface area contributed by atoms with Crippen molar-refractivity contribution >= 4 is 31.6 Å². The topological polar surface area (TPSA) is 0 Å². The second-order valence-electron chi connectivity index (χ2n) is 14.6. The molecule has 2 aliphatic heterocycles. The summed E-state index contributed by atoms with van der Waals surface area (Å²) in [6, 6.07) is 0. The van der Waals surface area contributed by atoms with Gasteiger partial charge in [-0.25, -0.2) is 0 Å². The summed E-state index contributed by atoms with van der Waals surface area (Å²) < 4.78 is 0. The molecule has 0 aromatic carbocycles. The highest BCUT2D eigenvalue weighted by molar-refractivity contribution is 8.05. The summed E-state index contributed by atoms with van der Waals surface area (Å²) in [7, 11) is -1.40. The smallest absolute Gasteiger partial charge is 0.0563 e. The van der Waals surface area contributed by atoms with Crippen LogP contribution in [0.3, 0.4) is 0 Å². The number of hydrogen-bond acceptors (Lipinski definition) is 2. The highest BCUT2D eigenvalue weighted by atomic mass is 32.2. The lowest BCUT2D eigenvalue weighted by molar-refractivity contribution is 0.0129. The lowest BCUT2D eigenvalue weighted by atomic mass is 9.57. The number of thioether (sulfide) groups is 2. The van der Waals surface area contributed by atoms with Crippen LogP contribution in [-0.4, -0.2) is 18.6 Å². The molecule has 7 rings (SSSR count). The quantitative estimate of drug-likeness (QED) is 0.335. The Labute approximate surface area is 225 Å². The molecular weight excluding hydrogens is 477 g/mol. The molecule has 11 unspecified atom stereocenters. The molecule has 0 bridgehead atoms.